The van der Waals surface area contributed by atoms with Crippen LogP contribution in [0.25, 0.3) is 0 Å². The van der Waals surface area contributed by atoms with Crippen LogP contribution in [0.4, 0.5) is 5.69 Å². The minimum Gasteiger partial charge on any atom is -0.340 e. The summed E-state index contributed by atoms with van der Waals surface area (Å²) in [6, 6.07) is 8.42. The zero-order chi connectivity index (χ0) is 22.3. The molecular weight excluding hydrogens is 404 g/mol. The minimum absolute atomic E-state index is 0.0414. The topological polar surface area (TPSA) is 108 Å². The Morgan fingerprint density at radius 3 is 2.37 bits per heavy atom. The molecule has 0 saturated carbocycles. The van der Waals surface area contributed by atoms with Crippen LogP contribution in [0.1, 0.15) is 38.1 Å². The van der Waals surface area contributed by atoms with Crippen molar-refractivity contribution in [2.45, 2.75) is 38.6 Å². The van der Waals surface area contributed by atoms with Gasteiger partial charge in [0.15, 0.2) is 0 Å². The van der Waals surface area contributed by atoms with Gasteiger partial charge in [-0.2, -0.15) is 4.31 Å². The van der Waals surface area contributed by atoms with Crippen molar-refractivity contribution in [3.8, 4) is 0 Å². The Balaban J connectivity index is 2.21. The highest BCUT2D eigenvalue weighted by molar-refractivity contribution is 7.89. The van der Waals surface area contributed by atoms with Gasteiger partial charge in [0.05, 0.1) is 16.8 Å². The van der Waals surface area contributed by atoms with E-state index in [1.54, 1.807) is 32.2 Å². The Morgan fingerprint density at radius 1 is 1.10 bits per heavy atom. The Hall–Kier alpha value is -2.78. The molecule has 2 N–H and O–H groups in total. The van der Waals surface area contributed by atoms with Crippen LogP contribution in [0.15, 0.2) is 53.7 Å². The second-order valence-electron chi connectivity index (χ2n) is 7.04. The lowest BCUT2D eigenvalue weighted by atomic mass is 10.0. The predicted molar refractivity (Wildman–Crippen MR) is 116 cm³/mol. The lowest BCUT2D eigenvalue weighted by molar-refractivity contribution is -0.118. The van der Waals surface area contributed by atoms with Crippen LogP contribution in [0, 0.1) is 5.92 Å². The summed E-state index contributed by atoms with van der Waals surface area (Å²) in [7, 11) is -3.69. The molecule has 0 aliphatic rings. The molecule has 0 aliphatic heterocycles. The van der Waals surface area contributed by atoms with E-state index >= 15 is 0 Å². The van der Waals surface area contributed by atoms with Gasteiger partial charge >= 0.3 is 0 Å². The molecule has 30 heavy (non-hydrogen) atoms. The van der Waals surface area contributed by atoms with Crippen molar-refractivity contribution in [1.82, 2.24) is 14.6 Å². The molecule has 1 atom stereocenters. The fraction of sp³-hybridized carbons (Fsp3) is 0.381. The van der Waals surface area contributed by atoms with Gasteiger partial charge in [-0.3, -0.25) is 14.6 Å². The SMILES string of the molecule is CCN(CC)S(=O)(=O)c1cccc(C(=O)NC(C(=O)Nc2cccnc2)C(C)C)c1. The number of carbonyl (C=O) groups excluding carboxylic acids is 2. The first kappa shape index (κ1) is 23.5. The highest BCUT2D eigenvalue weighted by Crippen LogP contribution is 2.17. The van der Waals surface area contributed by atoms with E-state index in [-0.39, 0.29) is 22.3 Å². The van der Waals surface area contributed by atoms with Crippen LogP contribution in [0.3, 0.4) is 0 Å². The number of benzene rings is 1. The average molecular weight is 433 g/mol. The fourth-order valence-electron chi connectivity index (χ4n) is 2.93. The van der Waals surface area contributed by atoms with E-state index in [4.69, 9.17) is 0 Å². The summed E-state index contributed by atoms with van der Waals surface area (Å²) in [4.78, 5) is 29.4. The van der Waals surface area contributed by atoms with Gasteiger partial charge in [0.25, 0.3) is 5.91 Å². The van der Waals surface area contributed by atoms with E-state index < -0.39 is 22.0 Å². The Bertz CT molecular complexity index is 974. The molecular formula is C21H28N4O4S. The zero-order valence-corrected chi connectivity index (χ0v) is 18.4. The standard InChI is InChI=1S/C21H28N4O4S/c1-5-25(6-2)30(28,29)18-11-7-9-16(13-18)20(26)24-19(15(3)4)21(27)23-17-10-8-12-22-14-17/h7-15,19H,5-6H2,1-4H3,(H,23,27)(H,24,26). The summed E-state index contributed by atoms with van der Waals surface area (Å²) in [5.74, 6) is -1.09. The van der Waals surface area contributed by atoms with Crippen LogP contribution in [0.5, 0.6) is 0 Å². The predicted octanol–water partition coefficient (Wildman–Crippen LogP) is 2.51. The smallest absolute Gasteiger partial charge is 0.251 e. The van der Waals surface area contributed by atoms with E-state index in [2.05, 4.69) is 15.6 Å². The maximum absolute atomic E-state index is 12.8. The molecule has 1 unspecified atom stereocenters. The summed E-state index contributed by atoms with van der Waals surface area (Å²) in [6.45, 7) is 7.81. The van der Waals surface area contributed by atoms with Gasteiger partial charge in [-0.1, -0.05) is 33.8 Å². The molecule has 0 fully saturated rings. The lowest BCUT2D eigenvalue weighted by Gasteiger charge is -2.22. The second-order valence-corrected chi connectivity index (χ2v) is 8.98. The third-order valence-corrected chi connectivity index (χ3v) is 6.65. The minimum atomic E-state index is -3.69. The van der Waals surface area contributed by atoms with Crippen molar-refractivity contribution in [1.29, 1.82) is 0 Å². The quantitative estimate of drug-likeness (QED) is 0.633. The molecule has 1 aromatic carbocycles. The van der Waals surface area contributed by atoms with Gasteiger partial charge in [0, 0.05) is 24.8 Å². The molecule has 9 heteroatoms. The number of aromatic nitrogens is 1. The molecule has 1 aromatic heterocycles. The molecule has 0 radical (unpaired) electrons. The Labute approximate surface area is 177 Å². The molecule has 2 aromatic rings. The van der Waals surface area contributed by atoms with Gasteiger partial charge in [0.2, 0.25) is 15.9 Å². The number of anilines is 1. The van der Waals surface area contributed by atoms with Gasteiger partial charge < -0.3 is 10.6 Å². The van der Waals surface area contributed by atoms with E-state index in [1.165, 1.54) is 34.8 Å². The summed E-state index contributed by atoms with van der Waals surface area (Å²) in [5, 5.41) is 5.44. The third kappa shape index (κ3) is 5.64. The summed E-state index contributed by atoms with van der Waals surface area (Å²) >= 11 is 0. The number of rotatable bonds is 9. The van der Waals surface area contributed by atoms with Gasteiger partial charge in [-0.15, -0.1) is 0 Å². The second kappa shape index (κ2) is 10.3. The van der Waals surface area contributed by atoms with Crippen molar-refractivity contribution in [3.63, 3.8) is 0 Å². The number of hydrogen-bond donors (Lipinski definition) is 2. The van der Waals surface area contributed by atoms with Crippen molar-refractivity contribution in [3.05, 3.63) is 54.4 Å². The fourth-order valence-corrected chi connectivity index (χ4v) is 4.43. The summed E-state index contributed by atoms with van der Waals surface area (Å²) < 4.78 is 26.8. The number of amides is 2. The molecule has 0 spiro atoms. The maximum atomic E-state index is 12.8. The van der Waals surface area contributed by atoms with E-state index in [0.29, 0.717) is 18.8 Å². The number of sulfonamides is 1. The lowest BCUT2D eigenvalue weighted by Crippen LogP contribution is -2.47. The molecule has 2 rings (SSSR count). The summed E-state index contributed by atoms with van der Waals surface area (Å²) in [5.41, 5.74) is 0.692. The average Bonchev–Trinajstić information content (AvgIpc) is 2.73. The van der Waals surface area contributed by atoms with Gasteiger partial charge in [-0.05, 0) is 36.2 Å². The van der Waals surface area contributed by atoms with Crippen LogP contribution >= 0.6 is 0 Å². The van der Waals surface area contributed by atoms with Gasteiger partial charge in [0.1, 0.15) is 6.04 Å². The van der Waals surface area contributed by atoms with Gasteiger partial charge in [-0.25, -0.2) is 8.42 Å². The highest BCUT2D eigenvalue weighted by atomic mass is 32.2. The molecule has 162 valence electrons. The zero-order valence-electron chi connectivity index (χ0n) is 17.6. The summed E-state index contributed by atoms with van der Waals surface area (Å²) in [6.07, 6.45) is 3.11. The molecule has 0 bridgehead atoms. The molecule has 1 heterocycles. The largest absolute Gasteiger partial charge is 0.340 e. The van der Waals surface area contributed by atoms with Crippen molar-refractivity contribution >= 4 is 27.5 Å². The van der Waals surface area contributed by atoms with Crippen LogP contribution < -0.4 is 10.6 Å². The number of nitrogens with zero attached hydrogens (tertiary/aromatic N) is 2. The van der Waals surface area contributed by atoms with E-state index in [0.717, 1.165) is 0 Å². The Kier molecular flexibility index (Phi) is 8.08. The van der Waals surface area contributed by atoms with Crippen molar-refractivity contribution < 1.29 is 18.0 Å². The monoisotopic (exact) mass is 432 g/mol. The first-order valence-corrected chi connectivity index (χ1v) is 11.3. The van der Waals surface area contributed by atoms with Crippen LogP contribution in [-0.4, -0.2) is 48.7 Å². The Morgan fingerprint density at radius 2 is 1.80 bits per heavy atom. The number of pyridine rings is 1. The normalized spacial score (nSPS) is 12.6. The first-order valence-electron chi connectivity index (χ1n) is 9.82. The molecule has 8 nitrogen and oxygen atoms in total. The molecule has 2 amide bonds. The molecule has 0 aliphatic carbocycles. The molecule has 0 saturated heterocycles. The van der Waals surface area contributed by atoms with Crippen molar-refractivity contribution in [2.75, 3.05) is 18.4 Å². The highest BCUT2D eigenvalue weighted by Gasteiger charge is 2.26. The maximum Gasteiger partial charge on any atom is 0.251 e. The first-order chi connectivity index (χ1) is 14.2. The van der Waals surface area contributed by atoms with Crippen molar-refractivity contribution in [2.24, 2.45) is 5.92 Å². The van der Waals surface area contributed by atoms with E-state index in [9.17, 15) is 18.0 Å². The van der Waals surface area contributed by atoms with Crippen LogP contribution in [-0.2, 0) is 14.8 Å². The number of carbonyl (C=O) groups is 2. The van der Waals surface area contributed by atoms with Crippen LogP contribution in [0.2, 0.25) is 0 Å². The number of hydrogen-bond acceptors (Lipinski definition) is 5. The number of nitrogens with one attached hydrogen (secondary N) is 2. The van der Waals surface area contributed by atoms with E-state index in [1.807, 2.05) is 13.8 Å². The third-order valence-electron chi connectivity index (χ3n) is 4.60.